The normalized spacial score (nSPS) is 9.05. The molecule has 1 rings (SSSR count). The molecule has 6 nitrogen and oxygen atoms in total. The molecule has 1 N–H and O–H groups in total. The molecule has 0 atom stereocenters. The third-order valence-corrected chi connectivity index (χ3v) is 2.52. The van der Waals surface area contributed by atoms with E-state index in [0.717, 1.165) is 12.6 Å². The SMILES string of the molecule is CC=O.CCNC(=O)CCCOc1ccc(C=O)c(OC)c1. The van der Waals surface area contributed by atoms with E-state index in [2.05, 4.69) is 5.32 Å². The van der Waals surface area contributed by atoms with E-state index in [-0.39, 0.29) is 5.91 Å². The van der Waals surface area contributed by atoms with Gasteiger partial charge in [-0.25, -0.2) is 0 Å². The predicted molar refractivity (Wildman–Crippen MR) is 83.5 cm³/mol. The summed E-state index contributed by atoms with van der Waals surface area (Å²) in [5.41, 5.74) is 0.483. The molecule has 0 unspecified atom stereocenters. The van der Waals surface area contributed by atoms with Gasteiger partial charge in [0.25, 0.3) is 0 Å². The quantitative estimate of drug-likeness (QED) is 0.587. The largest absolute Gasteiger partial charge is 0.496 e. The standard InChI is InChI=1S/C14H19NO4.C2H4O/c1-3-15-14(17)5-4-8-19-12-7-6-11(10-16)13(9-12)18-2;1-2-3/h6-7,9-10H,3-5,8H2,1-2H3,(H,15,17);2H,1H3. The van der Waals surface area contributed by atoms with E-state index in [1.165, 1.54) is 14.0 Å². The zero-order valence-corrected chi connectivity index (χ0v) is 13.3. The Balaban J connectivity index is 0.00000135. The molecule has 0 aromatic heterocycles. The molecule has 1 amide bonds. The van der Waals surface area contributed by atoms with Crippen molar-refractivity contribution in [1.29, 1.82) is 0 Å². The highest BCUT2D eigenvalue weighted by atomic mass is 16.5. The molecule has 0 aliphatic rings. The Morgan fingerprint density at radius 2 is 2.00 bits per heavy atom. The average Bonchev–Trinajstić information content (AvgIpc) is 2.52. The zero-order chi connectivity index (χ0) is 16.8. The summed E-state index contributed by atoms with van der Waals surface area (Å²) in [5, 5.41) is 2.72. The number of ether oxygens (including phenoxy) is 2. The molecule has 0 radical (unpaired) electrons. The summed E-state index contributed by atoms with van der Waals surface area (Å²) < 4.78 is 10.6. The van der Waals surface area contributed by atoms with Crippen LogP contribution in [0.15, 0.2) is 18.2 Å². The molecule has 0 saturated heterocycles. The van der Waals surface area contributed by atoms with Gasteiger partial charge in [0.15, 0.2) is 6.29 Å². The molecule has 122 valence electrons. The van der Waals surface area contributed by atoms with E-state index in [4.69, 9.17) is 14.3 Å². The van der Waals surface area contributed by atoms with E-state index in [0.29, 0.717) is 43.1 Å². The number of methoxy groups -OCH3 is 1. The van der Waals surface area contributed by atoms with Crippen LogP contribution in [0.4, 0.5) is 0 Å². The average molecular weight is 309 g/mol. The molecule has 0 saturated carbocycles. The van der Waals surface area contributed by atoms with Crippen molar-refractivity contribution in [3.8, 4) is 11.5 Å². The smallest absolute Gasteiger partial charge is 0.220 e. The second kappa shape index (κ2) is 12.4. The summed E-state index contributed by atoms with van der Waals surface area (Å²) in [7, 11) is 1.50. The summed E-state index contributed by atoms with van der Waals surface area (Å²) in [6.07, 6.45) is 2.57. The van der Waals surface area contributed by atoms with Gasteiger partial charge < -0.3 is 19.6 Å². The van der Waals surface area contributed by atoms with Crippen LogP contribution < -0.4 is 14.8 Å². The van der Waals surface area contributed by atoms with Gasteiger partial charge in [-0.05, 0) is 32.4 Å². The first-order chi connectivity index (χ1) is 10.6. The van der Waals surface area contributed by atoms with Crippen LogP contribution in [0.5, 0.6) is 11.5 Å². The van der Waals surface area contributed by atoms with Crippen LogP contribution >= 0.6 is 0 Å². The van der Waals surface area contributed by atoms with Crippen LogP contribution in [0, 0.1) is 0 Å². The fourth-order valence-corrected chi connectivity index (χ4v) is 1.59. The first kappa shape index (κ1) is 19.6. The Hall–Kier alpha value is -2.37. The third-order valence-electron chi connectivity index (χ3n) is 2.52. The number of hydrogen-bond donors (Lipinski definition) is 1. The van der Waals surface area contributed by atoms with E-state index >= 15 is 0 Å². The Bertz CT molecular complexity index is 474. The minimum Gasteiger partial charge on any atom is -0.496 e. The van der Waals surface area contributed by atoms with Crippen molar-refractivity contribution in [2.75, 3.05) is 20.3 Å². The minimum atomic E-state index is 0.0278. The monoisotopic (exact) mass is 309 g/mol. The summed E-state index contributed by atoms with van der Waals surface area (Å²) in [6, 6.07) is 5.01. The first-order valence-electron chi connectivity index (χ1n) is 7.05. The fourth-order valence-electron chi connectivity index (χ4n) is 1.59. The maximum absolute atomic E-state index is 11.2. The number of benzene rings is 1. The van der Waals surface area contributed by atoms with Gasteiger partial charge in [-0.3, -0.25) is 9.59 Å². The zero-order valence-electron chi connectivity index (χ0n) is 13.3. The van der Waals surface area contributed by atoms with Crippen molar-refractivity contribution in [1.82, 2.24) is 5.32 Å². The van der Waals surface area contributed by atoms with Gasteiger partial charge >= 0.3 is 0 Å². The lowest BCUT2D eigenvalue weighted by atomic mass is 10.2. The second-order valence-electron chi connectivity index (χ2n) is 4.16. The van der Waals surface area contributed by atoms with E-state index in [9.17, 15) is 9.59 Å². The molecule has 0 heterocycles. The maximum atomic E-state index is 11.2. The molecular formula is C16H23NO5. The number of nitrogens with one attached hydrogen (secondary N) is 1. The van der Waals surface area contributed by atoms with Gasteiger partial charge in [-0.2, -0.15) is 0 Å². The van der Waals surface area contributed by atoms with E-state index < -0.39 is 0 Å². The Morgan fingerprint density at radius 1 is 1.32 bits per heavy atom. The van der Waals surface area contributed by atoms with Gasteiger partial charge in [0, 0.05) is 19.0 Å². The van der Waals surface area contributed by atoms with E-state index in [1.54, 1.807) is 18.2 Å². The molecule has 6 heteroatoms. The Morgan fingerprint density at radius 3 is 2.55 bits per heavy atom. The summed E-state index contributed by atoms with van der Waals surface area (Å²) in [6.45, 7) is 4.42. The lowest BCUT2D eigenvalue weighted by Gasteiger charge is -2.09. The number of rotatable bonds is 8. The van der Waals surface area contributed by atoms with Gasteiger partial charge in [0.2, 0.25) is 5.91 Å². The first-order valence-corrected chi connectivity index (χ1v) is 7.05. The van der Waals surface area contributed by atoms with Gasteiger partial charge in [-0.15, -0.1) is 0 Å². The topological polar surface area (TPSA) is 81.7 Å². The number of hydrogen-bond acceptors (Lipinski definition) is 5. The second-order valence-corrected chi connectivity index (χ2v) is 4.16. The number of carbonyl (C=O) groups excluding carboxylic acids is 3. The van der Waals surface area contributed by atoms with Crippen LogP contribution in [-0.2, 0) is 9.59 Å². The molecule has 0 bridgehead atoms. The van der Waals surface area contributed by atoms with Crippen LogP contribution in [0.1, 0.15) is 37.0 Å². The van der Waals surface area contributed by atoms with Crippen molar-refractivity contribution in [3.63, 3.8) is 0 Å². The van der Waals surface area contributed by atoms with Crippen LogP contribution in [0.25, 0.3) is 0 Å². The molecule has 1 aromatic rings. The van der Waals surface area contributed by atoms with E-state index in [1.807, 2.05) is 6.92 Å². The number of aldehydes is 2. The molecule has 1 aromatic carbocycles. The lowest BCUT2D eigenvalue weighted by molar-refractivity contribution is -0.121. The predicted octanol–water partition coefficient (Wildman–Crippen LogP) is 2.01. The van der Waals surface area contributed by atoms with Crippen LogP contribution in [-0.4, -0.2) is 38.7 Å². The fraction of sp³-hybridized carbons (Fsp3) is 0.438. The number of amides is 1. The van der Waals surface area contributed by atoms with Crippen LogP contribution in [0.3, 0.4) is 0 Å². The molecule has 22 heavy (non-hydrogen) atoms. The highest BCUT2D eigenvalue weighted by Gasteiger charge is 2.04. The van der Waals surface area contributed by atoms with Crippen LogP contribution in [0.2, 0.25) is 0 Å². The van der Waals surface area contributed by atoms with Crippen molar-refractivity contribution in [3.05, 3.63) is 23.8 Å². The summed E-state index contributed by atoms with van der Waals surface area (Å²) in [5.74, 6) is 1.13. The highest BCUT2D eigenvalue weighted by molar-refractivity contribution is 5.79. The molecule has 0 fully saturated rings. The van der Waals surface area contributed by atoms with Gasteiger partial charge in [0.1, 0.15) is 17.8 Å². The van der Waals surface area contributed by atoms with Crippen molar-refractivity contribution in [2.24, 2.45) is 0 Å². The third kappa shape index (κ3) is 8.04. The summed E-state index contributed by atoms with van der Waals surface area (Å²) in [4.78, 5) is 30.7. The maximum Gasteiger partial charge on any atom is 0.220 e. The van der Waals surface area contributed by atoms with Crippen molar-refractivity contribution < 1.29 is 23.9 Å². The van der Waals surface area contributed by atoms with Crippen molar-refractivity contribution >= 4 is 18.5 Å². The highest BCUT2D eigenvalue weighted by Crippen LogP contribution is 2.23. The molecule has 0 aliphatic heterocycles. The molecule has 0 aliphatic carbocycles. The Kier molecular flexibility index (Phi) is 11.0. The number of carbonyl (C=O) groups is 3. The minimum absolute atomic E-state index is 0.0278. The molecular weight excluding hydrogens is 286 g/mol. The molecule has 0 spiro atoms. The van der Waals surface area contributed by atoms with Gasteiger partial charge in [-0.1, -0.05) is 0 Å². The van der Waals surface area contributed by atoms with Gasteiger partial charge in [0.05, 0.1) is 19.3 Å². The Labute approximate surface area is 130 Å². The lowest BCUT2D eigenvalue weighted by Crippen LogP contribution is -2.22. The van der Waals surface area contributed by atoms with Crippen molar-refractivity contribution in [2.45, 2.75) is 26.7 Å². The summed E-state index contributed by atoms with van der Waals surface area (Å²) >= 11 is 0.